The van der Waals surface area contributed by atoms with E-state index in [1.165, 1.54) is 0 Å². The summed E-state index contributed by atoms with van der Waals surface area (Å²) in [5.74, 6) is -1.25. The lowest BCUT2D eigenvalue weighted by atomic mass is 9.98. The molecule has 0 aliphatic carbocycles. The first kappa shape index (κ1) is 16.4. The van der Waals surface area contributed by atoms with Gasteiger partial charge in [0.2, 0.25) is 5.85 Å². The van der Waals surface area contributed by atoms with Crippen LogP contribution in [0.15, 0.2) is 0 Å². The van der Waals surface area contributed by atoms with E-state index in [1.54, 1.807) is 34.6 Å². The van der Waals surface area contributed by atoms with Gasteiger partial charge in [-0.25, -0.2) is 0 Å². The highest BCUT2D eigenvalue weighted by molar-refractivity contribution is 7.54. The van der Waals surface area contributed by atoms with Gasteiger partial charge in [-0.15, -0.1) is 10.1 Å². The molecular weight excluding hydrogens is 249 g/mol. The van der Waals surface area contributed by atoms with E-state index >= 15 is 0 Å². The summed E-state index contributed by atoms with van der Waals surface area (Å²) in [6.45, 7) is 8.55. The smallest absolute Gasteiger partial charge is 0.307 e. The Hall–Kier alpha value is -0.650. The standard InChI is InChI=1S/C9H20NO6P/c1-6-14-17(13,15-7-2)8(9(3,4)5)16-10(11)12/h8H,6-7H2,1-5H3. The predicted octanol–water partition coefficient (Wildman–Crippen LogP) is 2.83. The molecule has 0 aliphatic rings. The van der Waals surface area contributed by atoms with Gasteiger partial charge in [0, 0.05) is 5.41 Å². The molecule has 0 bridgehead atoms. The van der Waals surface area contributed by atoms with Crippen LogP contribution >= 0.6 is 7.60 Å². The fraction of sp³-hybridized carbons (Fsp3) is 1.00. The van der Waals surface area contributed by atoms with Crippen LogP contribution in [0.2, 0.25) is 0 Å². The maximum absolute atomic E-state index is 12.4. The molecule has 0 amide bonds. The zero-order valence-electron chi connectivity index (χ0n) is 10.8. The third kappa shape index (κ3) is 5.02. The Morgan fingerprint density at radius 3 is 1.88 bits per heavy atom. The third-order valence-corrected chi connectivity index (χ3v) is 4.51. The van der Waals surface area contributed by atoms with Gasteiger partial charge in [-0.1, -0.05) is 20.8 Å². The maximum Gasteiger partial charge on any atom is 0.359 e. The highest BCUT2D eigenvalue weighted by Crippen LogP contribution is 2.58. The SMILES string of the molecule is CCOP(=O)(OCC)C(O[N+](=O)[O-])C(C)(C)C. The first-order chi connectivity index (χ1) is 7.67. The van der Waals surface area contributed by atoms with Gasteiger partial charge in [-0.3, -0.25) is 9.40 Å². The lowest BCUT2D eigenvalue weighted by molar-refractivity contribution is -0.766. The average molecular weight is 269 g/mol. The first-order valence-electron chi connectivity index (χ1n) is 5.37. The summed E-state index contributed by atoms with van der Waals surface area (Å²) in [6, 6.07) is 0. The second-order valence-electron chi connectivity index (χ2n) is 4.42. The van der Waals surface area contributed by atoms with Gasteiger partial charge in [-0.05, 0) is 13.8 Å². The molecule has 0 radical (unpaired) electrons. The van der Waals surface area contributed by atoms with Crippen molar-refractivity contribution in [2.75, 3.05) is 13.2 Å². The molecule has 0 aliphatic heterocycles. The largest absolute Gasteiger partial charge is 0.359 e. The van der Waals surface area contributed by atoms with Crippen LogP contribution in [0.25, 0.3) is 0 Å². The molecule has 0 saturated heterocycles. The Morgan fingerprint density at radius 2 is 1.65 bits per heavy atom. The molecule has 0 heterocycles. The zero-order valence-corrected chi connectivity index (χ0v) is 11.7. The summed E-state index contributed by atoms with van der Waals surface area (Å²) in [5, 5.41) is 9.49. The summed E-state index contributed by atoms with van der Waals surface area (Å²) in [6.07, 6.45) is 0. The van der Waals surface area contributed by atoms with Crippen LogP contribution in [0.4, 0.5) is 0 Å². The van der Waals surface area contributed by atoms with Crippen molar-refractivity contribution in [2.45, 2.75) is 40.5 Å². The van der Waals surface area contributed by atoms with Crippen LogP contribution < -0.4 is 0 Å². The fourth-order valence-corrected chi connectivity index (χ4v) is 3.51. The second-order valence-corrected chi connectivity index (χ2v) is 6.49. The van der Waals surface area contributed by atoms with E-state index in [4.69, 9.17) is 9.05 Å². The number of rotatable bonds is 7. The molecule has 0 aromatic carbocycles. The van der Waals surface area contributed by atoms with Crippen LogP contribution in [0, 0.1) is 15.5 Å². The molecule has 102 valence electrons. The van der Waals surface area contributed by atoms with Crippen LogP contribution in [0.5, 0.6) is 0 Å². The quantitative estimate of drug-likeness (QED) is 0.401. The Morgan fingerprint density at radius 1 is 1.24 bits per heavy atom. The summed E-state index contributed by atoms with van der Waals surface area (Å²) < 4.78 is 22.5. The molecule has 0 N–H and O–H groups in total. The van der Waals surface area contributed by atoms with Crippen molar-refractivity contribution in [1.29, 1.82) is 0 Å². The Bertz CT molecular complexity index is 290. The zero-order chi connectivity index (χ0) is 13.7. The lowest BCUT2D eigenvalue weighted by Gasteiger charge is -2.33. The van der Waals surface area contributed by atoms with Gasteiger partial charge in [0.1, 0.15) is 0 Å². The van der Waals surface area contributed by atoms with E-state index in [-0.39, 0.29) is 13.2 Å². The summed E-state index contributed by atoms with van der Waals surface area (Å²) in [4.78, 5) is 15.0. The Balaban J connectivity index is 5.21. The van der Waals surface area contributed by atoms with Gasteiger partial charge in [0.05, 0.1) is 13.2 Å². The van der Waals surface area contributed by atoms with Crippen LogP contribution in [0.1, 0.15) is 34.6 Å². The van der Waals surface area contributed by atoms with Gasteiger partial charge in [0.15, 0.2) is 0 Å². The summed E-state index contributed by atoms with van der Waals surface area (Å²) in [5.41, 5.74) is -0.743. The van der Waals surface area contributed by atoms with Crippen molar-refractivity contribution in [3.63, 3.8) is 0 Å². The van der Waals surface area contributed by atoms with Gasteiger partial charge in [-0.2, -0.15) is 0 Å². The molecular formula is C9H20NO6P. The van der Waals surface area contributed by atoms with E-state index in [2.05, 4.69) is 4.84 Å². The van der Waals surface area contributed by atoms with Crippen LogP contribution in [-0.4, -0.2) is 24.1 Å². The minimum Gasteiger partial charge on any atom is -0.307 e. The van der Waals surface area contributed by atoms with Crippen molar-refractivity contribution in [3.05, 3.63) is 10.1 Å². The fourth-order valence-electron chi connectivity index (χ4n) is 1.30. The topological polar surface area (TPSA) is 87.9 Å². The lowest BCUT2D eigenvalue weighted by Crippen LogP contribution is -2.33. The maximum atomic E-state index is 12.4. The van der Waals surface area contributed by atoms with Gasteiger partial charge in [0.25, 0.3) is 5.09 Å². The van der Waals surface area contributed by atoms with Crippen molar-refractivity contribution in [2.24, 2.45) is 5.41 Å². The highest BCUT2D eigenvalue weighted by Gasteiger charge is 2.46. The average Bonchev–Trinajstić information content (AvgIpc) is 2.13. The molecule has 0 aromatic rings. The normalized spacial score (nSPS) is 14.4. The van der Waals surface area contributed by atoms with Crippen LogP contribution in [0.3, 0.4) is 0 Å². The molecule has 0 saturated carbocycles. The molecule has 0 aromatic heterocycles. The van der Waals surface area contributed by atoms with Crippen LogP contribution in [-0.2, 0) is 18.5 Å². The van der Waals surface area contributed by atoms with E-state index in [1.807, 2.05) is 0 Å². The molecule has 17 heavy (non-hydrogen) atoms. The second kappa shape index (κ2) is 6.33. The monoisotopic (exact) mass is 269 g/mol. The van der Waals surface area contributed by atoms with Gasteiger partial charge >= 0.3 is 7.60 Å². The number of hydrogen-bond donors (Lipinski definition) is 0. The molecule has 1 unspecified atom stereocenters. The Labute approximate surface area is 101 Å². The van der Waals surface area contributed by atoms with Crippen molar-refractivity contribution in [3.8, 4) is 0 Å². The van der Waals surface area contributed by atoms with Crippen molar-refractivity contribution >= 4 is 7.60 Å². The molecule has 0 fully saturated rings. The minimum atomic E-state index is -3.67. The molecule has 8 heteroatoms. The molecule has 0 rings (SSSR count). The summed E-state index contributed by atoms with van der Waals surface area (Å²) >= 11 is 0. The number of nitrogens with zero attached hydrogens (tertiary/aromatic N) is 1. The van der Waals surface area contributed by atoms with Crippen molar-refractivity contribution < 1.29 is 23.5 Å². The van der Waals surface area contributed by atoms with E-state index in [0.29, 0.717) is 0 Å². The van der Waals surface area contributed by atoms with Gasteiger partial charge < -0.3 is 9.05 Å². The highest BCUT2D eigenvalue weighted by atomic mass is 31.2. The van der Waals surface area contributed by atoms with E-state index in [0.717, 1.165) is 0 Å². The van der Waals surface area contributed by atoms with Crippen molar-refractivity contribution in [1.82, 2.24) is 0 Å². The van der Waals surface area contributed by atoms with E-state index < -0.39 is 23.9 Å². The third-order valence-electron chi connectivity index (χ3n) is 1.83. The first-order valence-corrected chi connectivity index (χ1v) is 6.98. The molecule has 0 spiro atoms. The minimum absolute atomic E-state index is 0.130. The summed E-state index contributed by atoms with van der Waals surface area (Å²) in [7, 11) is -3.67. The number of hydrogen-bond acceptors (Lipinski definition) is 6. The Kier molecular flexibility index (Phi) is 6.09. The molecule has 1 atom stereocenters. The van der Waals surface area contributed by atoms with E-state index in [9.17, 15) is 14.7 Å². The molecule has 7 nitrogen and oxygen atoms in total. The predicted molar refractivity (Wildman–Crippen MR) is 62.2 cm³/mol.